The molecule has 0 saturated carbocycles. The molecular weight excluding hydrogens is 322 g/mol. The Hall–Kier alpha value is -1.47. The molecule has 24 heavy (non-hydrogen) atoms. The van der Waals surface area contributed by atoms with Crippen LogP contribution in [0.5, 0.6) is 5.75 Å². The molecule has 1 aliphatic heterocycles. The summed E-state index contributed by atoms with van der Waals surface area (Å²) in [6.07, 6.45) is 0.285. The summed E-state index contributed by atoms with van der Waals surface area (Å²) in [5.41, 5.74) is 1.12. The molecule has 1 aromatic heterocycles. The summed E-state index contributed by atoms with van der Waals surface area (Å²) >= 11 is 1.67. The van der Waals surface area contributed by atoms with E-state index in [2.05, 4.69) is 29.3 Å². The van der Waals surface area contributed by atoms with Crippen molar-refractivity contribution in [3.63, 3.8) is 0 Å². The first-order valence-electron chi connectivity index (χ1n) is 8.29. The number of likely N-dealkylation sites (N-methyl/N-ethyl adjacent to an activating group) is 1. The highest BCUT2D eigenvalue weighted by atomic mass is 32.1. The van der Waals surface area contributed by atoms with Crippen molar-refractivity contribution in [3.05, 3.63) is 46.4 Å². The van der Waals surface area contributed by atoms with Crippen LogP contribution in [-0.2, 0) is 17.9 Å². The van der Waals surface area contributed by atoms with E-state index in [9.17, 15) is 0 Å². The van der Waals surface area contributed by atoms with Crippen LogP contribution in [0.3, 0.4) is 0 Å². The lowest BCUT2D eigenvalue weighted by Gasteiger charge is -2.33. The minimum Gasteiger partial charge on any atom is -0.486 e. The van der Waals surface area contributed by atoms with Gasteiger partial charge in [0.05, 0.1) is 18.4 Å². The highest BCUT2D eigenvalue weighted by Crippen LogP contribution is 2.17. The topological polar surface area (TPSA) is 37.8 Å². The molecule has 0 spiro atoms. The number of ether oxygens (including phenoxy) is 2. The van der Waals surface area contributed by atoms with Crippen molar-refractivity contribution < 1.29 is 9.47 Å². The van der Waals surface area contributed by atoms with Crippen molar-refractivity contribution in [2.45, 2.75) is 19.3 Å². The summed E-state index contributed by atoms with van der Waals surface area (Å²) in [4.78, 5) is 9.31. The molecule has 2 aromatic rings. The molecule has 0 aliphatic carbocycles. The Labute approximate surface area is 147 Å². The van der Waals surface area contributed by atoms with Crippen LogP contribution in [0.2, 0.25) is 0 Å². The number of morpholine rings is 1. The number of hydrogen-bond donors (Lipinski definition) is 0. The van der Waals surface area contributed by atoms with Crippen molar-refractivity contribution in [2.24, 2.45) is 0 Å². The maximum absolute atomic E-state index is 5.83. The Bertz CT molecular complexity index is 618. The smallest absolute Gasteiger partial charge is 0.140 e. The minimum atomic E-state index is 0.285. The quantitative estimate of drug-likeness (QED) is 0.769. The largest absolute Gasteiger partial charge is 0.486 e. The number of benzene rings is 1. The van der Waals surface area contributed by atoms with Crippen LogP contribution in [0.1, 0.15) is 10.7 Å². The van der Waals surface area contributed by atoms with E-state index in [1.807, 2.05) is 30.3 Å². The summed E-state index contributed by atoms with van der Waals surface area (Å²) in [7, 11) is 4.17. The predicted molar refractivity (Wildman–Crippen MR) is 96.5 cm³/mol. The number of thiazole rings is 1. The Morgan fingerprint density at radius 3 is 2.96 bits per heavy atom. The Balaban J connectivity index is 1.48. The summed E-state index contributed by atoms with van der Waals surface area (Å²) in [6.45, 7) is 5.11. The summed E-state index contributed by atoms with van der Waals surface area (Å²) < 4.78 is 11.6. The molecule has 6 heteroatoms. The van der Waals surface area contributed by atoms with E-state index in [0.29, 0.717) is 6.61 Å². The average Bonchev–Trinajstić information content (AvgIpc) is 3.01. The normalized spacial score (nSPS) is 18.9. The van der Waals surface area contributed by atoms with Gasteiger partial charge in [-0.3, -0.25) is 4.90 Å². The molecule has 1 unspecified atom stereocenters. The number of aromatic nitrogens is 1. The molecule has 5 nitrogen and oxygen atoms in total. The molecule has 0 radical (unpaired) electrons. The van der Waals surface area contributed by atoms with Crippen LogP contribution in [0.25, 0.3) is 0 Å². The lowest BCUT2D eigenvalue weighted by molar-refractivity contribution is -0.0409. The Morgan fingerprint density at radius 2 is 2.17 bits per heavy atom. The second-order valence-electron chi connectivity index (χ2n) is 6.32. The number of nitrogens with zero attached hydrogens (tertiary/aromatic N) is 3. The first kappa shape index (κ1) is 17.4. The molecule has 130 valence electrons. The van der Waals surface area contributed by atoms with Gasteiger partial charge in [-0.05, 0) is 26.2 Å². The van der Waals surface area contributed by atoms with E-state index in [4.69, 9.17) is 14.5 Å². The van der Waals surface area contributed by atoms with E-state index in [0.717, 1.165) is 49.2 Å². The first-order chi connectivity index (χ1) is 11.7. The van der Waals surface area contributed by atoms with Gasteiger partial charge in [-0.2, -0.15) is 0 Å². The van der Waals surface area contributed by atoms with E-state index in [-0.39, 0.29) is 6.10 Å². The van der Waals surface area contributed by atoms with Gasteiger partial charge in [0, 0.05) is 31.6 Å². The SMILES string of the molecule is CN(C)CC1CN(Cc2csc(COc3ccccc3)n2)CCO1. The van der Waals surface area contributed by atoms with Crippen LogP contribution in [0.4, 0.5) is 0 Å². The van der Waals surface area contributed by atoms with Gasteiger partial charge in [-0.1, -0.05) is 18.2 Å². The van der Waals surface area contributed by atoms with Gasteiger partial charge >= 0.3 is 0 Å². The lowest BCUT2D eigenvalue weighted by atomic mass is 10.2. The van der Waals surface area contributed by atoms with Crippen molar-refractivity contribution in [2.75, 3.05) is 40.3 Å². The van der Waals surface area contributed by atoms with E-state index in [1.165, 1.54) is 0 Å². The van der Waals surface area contributed by atoms with Gasteiger partial charge in [0.25, 0.3) is 0 Å². The predicted octanol–water partition coefficient (Wildman–Crippen LogP) is 2.48. The number of hydrogen-bond acceptors (Lipinski definition) is 6. The first-order valence-corrected chi connectivity index (χ1v) is 9.17. The third kappa shape index (κ3) is 5.27. The molecule has 0 amide bonds. The summed E-state index contributed by atoms with van der Waals surface area (Å²) in [6, 6.07) is 9.87. The van der Waals surface area contributed by atoms with Crippen LogP contribution in [-0.4, -0.2) is 61.2 Å². The van der Waals surface area contributed by atoms with Crippen molar-refractivity contribution in [1.82, 2.24) is 14.8 Å². The average molecular weight is 347 g/mol. The zero-order valence-corrected chi connectivity index (χ0v) is 15.2. The fraction of sp³-hybridized carbons (Fsp3) is 0.500. The maximum Gasteiger partial charge on any atom is 0.140 e. The van der Waals surface area contributed by atoms with Crippen LogP contribution in [0.15, 0.2) is 35.7 Å². The fourth-order valence-electron chi connectivity index (χ4n) is 2.82. The van der Waals surface area contributed by atoms with Gasteiger partial charge < -0.3 is 14.4 Å². The molecule has 1 aromatic carbocycles. The molecule has 0 bridgehead atoms. The molecule has 1 atom stereocenters. The molecule has 1 aliphatic rings. The fourth-order valence-corrected chi connectivity index (χ4v) is 3.52. The number of para-hydroxylation sites is 1. The summed E-state index contributed by atoms with van der Waals surface area (Å²) in [5, 5.41) is 3.16. The Morgan fingerprint density at radius 1 is 1.33 bits per heavy atom. The molecule has 1 fully saturated rings. The van der Waals surface area contributed by atoms with Gasteiger partial charge in [0.1, 0.15) is 17.4 Å². The van der Waals surface area contributed by atoms with Crippen molar-refractivity contribution >= 4 is 11.3 Å². The zero-order chi connectivity index (χ0) is 16.8. The number of rotatable bonds is 7. The third-order valence-electron chi connectivity index (χ3n) is 3.88. The minimum absolute atomic E-state index is 0.285. The van der Waals surface area contributed by atoms with Crippen LogP contribution >= 0.6 is 11.3 Å². The highest BCUT2D eigenvalue weighted by Gasteiger charge is 2.21. The van der Waals surface area contributed by atoms with Crippen LogP contribution < -0.4 is 4.74 Å². The van der Waals surface area contributed by atoms with Gasteiger partial charge in [-0.25, -0.2) is 4.98 Å². The monoisotopic (exact) mass is 347 g/mol. The second-order valence-corrected chi connectivity index (χ2v) is 7.27. The van der Waals surface area contributed by atoms with Gasteiger partial charge in [0.2, 0.25) is 0 Å². The summed E-state index contributed by atoms with van der Waals surface area (Å²) in [5.74, 6) is 0.883. The Kier molecular flexibility index (Phi) is 6.20. The van der Waals surface area contributed by atoms with E-state index >= 15 is 0 Å². The van der Waals surface area contributed by atoms with Gasteiger partial charge in [0.15, 0.2) is 0 Å². The lowest BCUT2D eigenvalue weighted by Crippen LogP contribution is -2.46. The molecule has 2 heterocycles. The van der Waals surface area contributed by atoms with Crippen molar-refractivity contribution in [3.8, 4) is 5.75 Å². The van der Waals surface area contributed by atoms with E-state index < -0.39 is 0 Å². The second kappa shape index (κ2) is 8.58. The highest BCUT2D eigenvalue weighted by molar-refractivity contribution is 7.09. The molecule has 1 saturated heterocycles. The molecular formula is C18H25N3O2S. The van der Waals surface area contributed by atoms with Crippen molar-refractivity contribution in [1.29, 1.82) is 0 Å². The van der Waals surface area contributed by atoms with Crippen LogP contribution in [0, 0.1) is 0 Å². The zero-order valence-electron chi connectivity index (χ0n) is 14.4. The van der Waals surface area contributed by atoms with E-state index in [1.54, 1.807) is 11.3 Å². The molecule has 0 N–H and O–H groups in total. The standard InChI is InChI=1S/C18H25N3O2S/c1-20(2)11-17-12-21(8-9-22-17)10-15-14-24-18(19-15)13-23-16-6-4-3-5-7-16/h3-7,14,17H,8-13H2,1-2H3. The maximum atomic E-state index is 5.83. The third-order valence-corrected chi connectivity index (χ3v) is 4.75. The molecule has 3 rings (SSSR count). The van der Waals surface area contributed by atoms with Gasteiger partial charge in [-0.15, -0.1) is 11.3 Å².